The summed E-state index contributed by atoms with van der Waals surface area (Å²) in [6.45, 7) is 0. The number of benzene rings is 1. The molecule has 0 spiro atoms. The molecule has 6 heteroatoms. The zero-order chi connectivity index (χ0) is 18.7. The Balaban J connectivity index is 2.31. The Morgan fingerprint density at radius 3 is 2.27 bits per heavy atom. The fraction of sp³-hybridized carbons (Fsp3) is 0.400. The lowest BCUT2D eigenvalue weighted by Gasteiger charge is -2.20. The van der Waals surface area contributed by atoms with E-state index in [4.69, 9.17) is 15.2 Å². The highest BCUT2D eigenvalue weighted by Crippen LogP contribution is 2.43. The van der Waals surface area contributed by atoms with Gasteiger partial charge in [0.25, 0.3) is 0 Å². The number of aromatic nitrogens is 1. The number of hydrogen-bond acceptors (Lipinski definition) is 6. The minimum atomic E-state index is -0.0674. The number of nitriles is 1. The molecule has 0 unspecified atom stereocenters. The van der Waals surface area contributed by atoms with Gasteiger partial charge in [-0.1, -0.05) is 12.8 Å². The maximum absolute atomic E-state index is 10.2. The summed E-state index contributed by atoms with van der Waals surface area (Å²) in [6.07, 6.45) is 6.14. The van der Waals surface area contributed by atoms with Crippen LogP contribution in [0.3, 0.4) is 0 Å². The van der Waals surface area contributed by atoms with Crippen molar-refractivity contribution >= 4 is 5.82 Å². The number of ether oxygens (including phenoxy) is 2. The van der Waals surface area contributed by atoms with Gasteiger partial charge in [-0.25, -0.2) is 4.98 Å². The number of aryl methyl sites for hydroxylation is 1. The number of methoxy groups -OCH3 is 2. The fourth-order valence-corrected chi connectivity index (χ4v) is 3.59. The number of rotatable bonds is 3. The van der Waals surface area contributed by atoms with Crippen LogP contribution in [-0.2, 0) is 12.8 Å². The standard InChI is InChI=1S/C20H23N3O3/c1-25-16-9-12(10-17(26-2)19(16)24)18-13-7-5-3-4-6-8-15(13)23-20(22)14(18)11-21/h9-10,24H,3-8H2,1-2H3,(H2,22,23). The first-order valence-electron chi connectivity index (χ1n) is 8.77. The number of phenols is 1. The topological polar surface area (TPSA) is 101 Å². The van der Waals surface area contributed by atoms with E-state index >= 15 is 0 Å². The second-order valence-electron chi connectivity index (χ2n) is 6.43. The molecule has 136 valence electrons. The van der Waals surface area contributed by atoms with Crippen LogP contribution in [0.15, 0.2) is 12.1 Å². The van der Waals surface area contributed by atoms with Crippen molar-refractivity contribution in [3.8, 4) is 34.4 Å². The number of hydrogen-bond donors (Lipinski definition) is 2. The van der Waals surface area contributed by atoms with Gasteiger partial charge >= 0.3 is 0 Å². The van der Waals surface area contributed by atoms with E-state index in [2.05, 4.69) is 11.1 Å². The lowest BCUT2D eigenvalue weighted by atomic mass is 9.87. The van der Waals surface area contributed by atoms with Crippen LogP contribution in [-0.4, -0.2) is 24.3 Å². The van der Waals surface area contributed by atoms with E-state index in [1.54, 1.807) is 12.1 Å². The number of fused-ring (bicyclic) bond motifs is 1. The molecule has 0 amide bonds. The third-order valence-corrected chi connectivity index (χ3v) is 4.88. The largest absolute Gasteiger partial charge is 0.502 e. The molecule has 1 aromatic heterocycles. The Labute approximate surface area is 153 Å². The molecular weight excluding hydrogens is 330 g/mol. The van der Waals surface area contributed by atoms with Crippen LogP contribution in [0.25, 0.3) is 11.1 Å². The van der Waals surface area contributed by atoms with Crippen LogP contribution >= 0.6 is 0 Å². The highest BCUT2D eigenvalue weighted by molar-refractivity contribution is 5.81. The van der Waals surface area contributed by atoms with Crippen LogP contribution in [0.2, 0.25) is 0 Å². The molecule has 0 saturated carbocycles. The Kier molecular flexibility index (Phi) is 5.17. The van der Waals surface area contributed by atoms with Crippen LogP contribution in [0.4, 0.5) is 5.82 Å². The van der Waals surface area contributed by atoms with Crippen molar-refractivity contribution in [3.63, 3.8) is 0 Å². The molecule has 1 aromatic carbocycles. The Bertz CT molecular complexity index is 847. The summed E-state index contributed by atoms with van der Waals surface area (Å²) in [4.78, 5) is 4.52. The average molecular weight is 353 g/mol. The minimum absolute atomic E-state index is 0.0674. The van der Waals surface area contributed by atoms with Crippen molar-refractivity contribution in [3.05, 3.63) is 29.0 Å². The van der Waals surface area contributed by atoms with Crippen LogP contribution < -0.4 is 15.2 Å². The van der Waals surface area contributed by atoms with Gasteiger partial charge in [0.15, 0.2) is 11.5 Å². The molecule has 1 aliphatic carbocycles. The molecular formula is C20H23N3O3. The molecule has 3 rings (SSSR count). The summed E-state index contributed by atoms with van der Waals surface area (Å²) < 4.78 is 10.6. The third-order valence-electron chi connectivity index (χ3n) is 4.88. The molecule has 0 bridgehead atoms. The van der Waals surface area contributed by atoms with E-state index in [-0.39, 0.29) is 11.6 Å². The lowest BCUT2D eigenvalue weighted by molar-refractivity contribution is 0.340. The average Bonchev–Trinajstić information content (AvgIpc) is 2.62. The molecule has 0 radical (unpaired) electrons. The smallest absolute Gasteiger partial charge is 0.200 e. The van der Waals surface area contributed by atoms with E-state index in [0.29, 0.717) is 17.1 Å². The molecule has 6 nitrogen and oxygen atoms in total. The molecule has 3 N–H and O–H groups in total. The Morgan fingerprint density at radius 2 is 1.69 bits per heavy atom. The van der Waals surface area contributed by atoms with Crippen molar-refractivity contribution in [1.29, 1.82) is 5.26 Å². The van der Waals surface area contributed by atoms with Gasteiger partial charge < -0.3 is 20.3 Å². The molecule has 0 aliphatic heterocycles. The molecule has 1 heterocycles. The number of nitrogens with two attached hydrogens (primary N) is 1. The first-order chi connectivity index (χ1) is 12.6. The van der Waals surface area contributed by atoms with Crippen molar-refractivity contribution in [2.75, 3.05) is 20.0 Å². The van der Waals surface area contributed by atoms with Gasteiger partial charge in [-0.3, -0.25) is 0 Å². The summed E-state index contributed by atoms with van der Waals surface area (Å²) in [7, 11) is 2.96. The van der Waals surface area contributed by atoms with Gasteiger partial charge in [-0.2, -0.15) is 5.26 Å². The number of aromatic hydroxyl groups is 1. The second kappa shape index (κ2) is 7.52. The van der Waals surface area contributed by atoms with Gasteiger partial charge in [0, 0.05) is 11.3 Å². The minimum Gasteiger partial charge on any atom is -0.502 e. The first kappa shape index (κ1) is 17.9. The van der Waals surface area contributed by atoms with E-state index in [1.807, 2.05) is 0 Å². The maximum atomic E-state index is 10.2. The van der Waals surface area contributed by atoms with Crippen molar-refractivity contribution in [2.24, 2.45) is 0 Å². The summed E-state index contributed by atoms with van der Waals surface area (Å²) in [5.41, 5.74) is 10.00. The van der Waals surface area contributed by atoms with Gasteiger partial charge in [-0.15, -0.1) is 0 Å². The van der Waals surface area contributed by atoms with E-state index < -0.39 is 0 Å². The van der Waals surface area contributed by atoms with Crippen LogP contribution in [0.5, 0.6) is 17.2 Å². The Hall–Kier alpha value is -2.94. The SMILES string of the molecule is COc1cc(-c2c(C#N)c(N)nc3c2CCCCCC3)cc(OC)c1O. The summed E-state index contributed by atoms with van der Waals surface area (Å²) in [5, 5.41) is 19.9. The van der Waals surface area contributed by atoms with Crippen LogP contribution in [0.1, 0.15) is 42.5 Å². The first-order valence-corrected chi connectivity index (χ1v) is 8.77. The van der Waals surface area contributed by atoms with Crippen molar-refractivity contribution in [2.45, 2.75) is 38.5 Å². The van der Waals surface area contributed by atoms with Gasteiger partial charge in [-0.05, 0) is 48.9 Å². The van der Waals surface area contributed by atoms with Gasteiger partial charge in [0.05, 0.1) is 14.2 Å². The van der Waals surface area contributed by atoms with Gasteiger partial charge in [0.2, 0.25) is 5.75 Å². The van der Waals surface area contributed by atoms with E-state index in [1.165, 1.54) is 20.6 Å². The number of pyridine rings is 1. The predicted molar refractivity (Wildman–Crippen MR) is 99.4 cm³/mol. The predicted octanol–water partition coefficient (Wildman–Crippen LogP) is 3.58. The normalized spacial score (nSPS) is 13.9. The van der Waals surface area contributed by atoms with Crippen molar-refractivity contribution in [1.82, 2.24) is 4.98 Å². The lowest BCUT2D eigenvalue weighted by Crippen LogP contribution is -2.10. The summed E-state index contributed by atoms with van der Waals surface area (Å²) >= 11 is 0. The second-order valence-corrected chi connectivity index (χ2v) is 6.43. The van der Waals surface area contributed by atoms with E-state index in [0.717, 1.165) is 54.5 Å². The van der Waals surface area contributed by atoms with Gasteiger partial charge in [0.1, 0.15) is 17.5 Å². The highest BCUT2D eigenvalue weighted by Gasteiger charge is 2.23. The number of anilines is 1. The Morgan fingerprint density at radius 1 is 1.08 bits per heavy atom. The highest BCUT2D eigenvalue weighted by atomic mass is 16.5. The summed E-state index contributed by atoms with van der Waals surface area (Å²) in [6, 6.07) is 5.64. The fourth-order valence-electron chi connectivity index (χ4n) is 3.59. The van der Waals surface area contributed by atoms with Crippen LogP contribution in [0, 0.1) is 11.3 Å². The molecule has 0 saturated heterocycles. The molecule has 1 aliphatic rings. The summed E-state index contributed by atoms with van der Waals surface area (Å²) in [5.74, 6) is 0.756. The quantitative estimate of drug-likeness (QED) is 0.874. The zero-order valence-electron chi connectivity index (χ0n) is 15.1. The zero-order valence-corrected chi connectivity index (χ0v) is 15.1. The van der Waals surface area contributed by atoms with E-state index in [9.17, 15) is 10.4 Å². The maximum Gasteiger partial charge on any atom is 0.200 e. The third kappa shape index (κ3) is 3.13. The molecule has 2 aromatic rings. The van der Waals surface area contributed by atoms with Crippen molar-refractivity contribution < 1.29 is 14.6 Å². The molecule has 0 fully saturated rings. The monoisotopic (exact) mass is 353 g/mol. The number of phenolic OH excluding ortho intramolecular Hbond substituents is 1. The number of nitrogen functional groups attached to an aromatic ring is 1. The molecule has 26 heavy (non-hydrogen) atoms. The number of nitrogens with zero attached hydrogens (tertiary/aromatic N) is 2. The molecule has 0 atom stereocenters.